The van der Waals surface area contributed by atoms with Crippen molar-refractivity contribution in [3.8, 4) is 11.5 Å². The number of nitrogens with zero attached hydrogens (tertiary/aromatic N) is 1. The van der Waals surface area contributed by atoms with E-state index in [1.54, 1.807) is 7.11 Å². The van der Waals surface area contributed by atoms with Gasteiger partial charge in [0.15, 0.2) is 6.61 Å². The molecule has 0 aliphatic heterocycles. The maximum absolute atomic E-state index is 12.2. The Labute approximate surface area is 168 Å². The number of carbonyl (C=O) groups excluding carboxylic acids is 1. The Kier molecular flexibility index (Phi) is 7.46. The lowest BCUT2D eigenvalue weighted by Gasteiger charge is -2.25. The first-order valence-electron chi connectivity index (χ1n) is 9.51. The average Bonchev–Trinajstić information content (AvgIpc) is 2.66. The first-order chi connectivity index (χ1) is 13.2. The fraction of sp³-hybridized carbons (Fsp3) is 0.435. The van der Waals surface area contributed by atoms with Gasteiger partial charge in [-0.15, -0.1) is 0 Å². The summed E-state index contributed by atoms with van der Waals surface area (Å²) in [7, 11) is 5.64. The maximum Gasteiger partial charge on any atom is 0.258 e. The number of hydrogen-bond acceptors (Lipinski definition) is 4. The monoisotopic (exact) mass is 384 g/mol. The van der Waals surface area contributed by atoms with E-state index >= 15 is 0 Å². The number of benzene rings is 2. The van der Waals surface area contributed by atoms with Gasteiger partial charge in [-0.3, -0.25) is 4.79 Å². The van der Waals surface area contributed by atoms with Crippen LogP contribution < -0.4 is 14.8 Å². The van der Waals surface area contributed by atoms with Crippen LogP contribution in [0.4, 0.5) is 0 Å². The van der Waals surface area contributed by atoms with Gasteiger partial charge in [0, 0.05) is 6.54 Å². The third-order valence-electron chi connectivity index (χ3n) is 4.71. The van der Waals surface area contributed by atoms with Gasteiger partial charge < -0.3 is 19.7 Å². The number of hydrogen-bond donors (Lipinski definition) is 1. The fourth-order valence-electron chi connectivity index (χ4n) is 2.89. The van der Waals surface area contributed by atoms with Gasteiger partial charge in [-0.1, -0.05) is 45.0 Å². The van der Waals surface area contributed by atoms with E-state index in [1.165, 1.54) is 5.56 Å². The van der Waals surface area contributed by atoms with Crippen LogP contribution >= 0.6 is 0 Å². The molecule has 5 heteroatoms. The van der Waals surface area contributed by atoms with Crippen LogP contribution in [0.3, 0.4) is 0 Å². The summed E-state index contributed by atoms with van der Waals surface area (Å²) in [4.78, 5) is 14.3. The quantitative estimate of drug-likeness (QED) is 0.752. The maximum atomic E-state index is 12.2. The minimum absolute atomic E-state index is 0.00236. The first-order valence-corrected chi connectivity index (χ1v) is 9.51. The second-order valence-electron chi connectivity index (χ2n) is 8.12. The number of likely N-dealkylation sites (N-methyl/N-ethyl adjacent to an activating group) is 1. The molecule has 0 aliphatic rings. The number of methoxy groups -OCH3 is 1. The molecule has 0 aliphatic carbocycles. The van der Waals surface area contributed by atoms with Crippen molar-refractivity contribution >= 4 is 5.91 Å². The zero-order chi connectivity index (χ0) is 20.7. The van der Waals surface area contributed by atoms with Gasteiger partial charge in [0.25, 0.3) is 5.91 Å². The van der Waals surface area contributed by atoms with Crippen LogP contribution in [0.5, 0.6) is 11.5 Å². The minimum atomic E-state index is -0.139. The van der Waals surface area contributed by atoms with Crippen molar-refractivity contribution in [2.24, 2.45) is 0 Å². The van der Waals surface area contributed by atoms with E-state index in [-0.39, 0.29) is 24.0 Å². The molecule has 2 aromatic rings. The van der Waals surface area contributed by atoms with Crippen LogP contribution in [-0.4, -0.2) is 45.2 Å². The third-order valence-corrected chi connectivity index (χ3v) is 4.71. The van der Waals surface area contributed by atoms with Crippen LogP contribution in [0.2, 0.25) is 0 Å². The summed E-state index contributed by atoms with van der Waals surface area (Å²) in [5.41, 5.74) is 2.45. The Morgan fingerprint density at radius 3 is 2.07 bits per heavy atom. The van der Waals surface area contributed by atoms with E-state index in [1.807, 2.05) is 62.6 Å². The van der Waals surface area contributed by atoms with Gasteiger partial charge in [0.1, 0.15) is 11.5 Å². The first kappa shape index (κ1) is 21.8. The van der Waals surface area contributed by atoms with Crippen LogP contribution in [0.15, 0.2) is 48.5 Å². The SMILES string of the molecule is COc1ccc(C(CNC(=O)COc2ccc(C(C)(C)C)cc2)N(C)C)cc1. The summed E-state index contributed by atoms with van der Waals surface area (Å²) < 4.78 is 10.8. The Hall–Kier alpha value is -2.53. The Morgan fingerprint density at radius 2 is 1.57 bits per heavy atom. The predicted molar refractivity (Wildman–Crippen MR) is 113 cm³/mol. The van der Waals surface area contributed by atoms with Crippen molar-refractivity contribution in [3.05, 3.63) is 59.7 Å². The molecule has 0 radical (unpaired) electrons. The van der Waals surface area contributed by atoms with Crippen molar-refractivity contribution in [1.82, 2.24) is 10.2 Å². The highest BCUT2D eigenvalue weighted by Crippen LogP contribution is 2.24. The molecule has 2 rings (SSSR count). The van der Waals surface area contributed by atoms with E-state index in [0.29, 0.717) is 12.3 Å². The number of amides is 1. The van der Waals surface area contributed by atoms with Crippen molar-refractivity contribution in [2.45, 2.75) is 32.2 Å². The number of ether oxygens (including phenoxy) is 2. The molecule has 28 heavy (non-hydrogen) atoms. The van der Waals surface area contributed by atoms with E-state index in [4.69, 9.17) is 9.47 Å². The second kappa shape index (κ2) is 9.60. The van der Waals surface area contributed by atoms with E-state index in [2.05, 4.69) is 31.0 Å². The fourth-order valence-corrected chi connectivity index (χ4v) is 2.89. The lowest BCUT2D eigenvalue weighted by atomic mass is 9.87. The molecule has 0 saturated heterocycles. The molecule has 0 spiro atoms. The standard InChI is InChI=1S/C23H32N2O3/c1-23(2,3)18-9-13-20(14-10-18)28-16-22(26)24-15-21(25(4)5)17-7-11-19(27-6)12-8-17/h7-14,21H,15-16H2,1-6H3,(H,24,26). The van der Waals surface area contributed by atoms with Crippen molar-refractivity contribution in [1.29, 1.82) is 0 Å². The summed E-state index contributed by atoms with van der Waals surface area (Å²) in [5.74, 6) is 1.37. The molecular weight excluding hydrogens is 352 g/mol. The normalized spacial score (nSPS) is 12.5. The number of nitrogens with one attached hydrogen (secondary N) is 1. The lowest BCUT2D eigenvalue weighted by molar-refractivity contribution is -0.123. The van der Waals surface area contributed by atoms with Crippen LogP contribution in [0.1, 0.15) is 37.9 Å². The average molecular weight is 385 g/mol. The summed E-state index contributed by atoms with van der Waals surface area (Å²) in [6.07, 6.45) is 0. The van der Waals surface area contributed by atoms with Gasteiger partial charge in [-0.2, -0.15) is 0 Å². The summed E-state index contributed by atoms with van der Waals surface area (Å²) in [6, 6.07) is 15.9. The van der Waals surface area contributed by atoms with Crippen LogP contribution in [0, 0.1) is 0 Å². The third kappa shape index (κ3) is 6.27. The van der Waals surface area contributed by atoms with Crippen LogP contribution in [-0.2, 0) is 10.2 Å². The molecule has 152 valence electrons. The molecule has 1 N–H and O–H groups in total. The van der Waals surface area contributed by atoms with Gasteiger partial charge in [0.05, 0.1) is 13.2 Å². The van der Waals surface area contributed by atoms with Gasteiger partial charge >= 0.3 is 0 Å². The second-order valence-corrected chi connectivity index (χ2v) is 8.12. The largest absolute Gasteiger partial charge is 0.497 e. The topological polar surface area (TPSA) is 50.8 Å². The van der Waals surface area contributed by atoms with Gasteiger partial charge in [-0.25, -0.2) is 0 Å². The molecule has 0 saturated carbocycles. The molecule has 1 amide bonds. The van der Waals surface area contributed by atoms with Gasteiger partial charge in [0.2, 0.25) is 0 Å². The molecule has 1 atom stereocenters. The summed E-state index contributed by atoms with van der Waals surface area (Å²) in [6.45, 7) is 7.00. The van der Waals surface area contributed by atoms with E-state index < -0.39 is 0 Å². The predicted octanol–water partition coefficient (Wildman–Crippen LogP) is 3.79. The van der Waals surface area contributed by atoms with Crippen LogP contribution in [0.25, 0.3) is 0 Å². The molecule has 0 fully saturated rings. The Bertz CT molecular complexity index is 747. The highest BCUT2D eigenvalue weighted by atomic mass is 16.5. The summed E-state index contributed by atoms with van der Waals surface area (Å²) in [5, 5.41) is 2.96. The smallest absolute Gasteiger partial charge is 0.258 e. The van der Waals surface area contributed by atoms with E-state index in [0.717, 1.165) is 11.3 Å². The molecule has 5 nitrogen and oxygen atoms in total. The van der Waals surface area contributed by atoms with Crippen molar-refractivity contribution < 1.29 is 14.3 Å². The number of rotatable bonds is 8. The molecule has 0 aromatic heterocycles. The molecule has 0 heterocycles. The van der Waals surface area contributed by atoms with Crippen molar-refractivity contribution in [3.63, 3.8) is 0 Å². The lowest BCUT2D eigenvalue weighted by Crippen LogP contribution is -2.36. The Balaban J connectivity index is 1.87. The molecule has 0 bridgehead atoms. The Morgan fingerprint density at radius 1 is 1.00 bits per heavy atom. The zero-order valence-corrected chi connectivity index (χ0v) is 17.8. The molecule has 1 unspecified atom stereocenters. The van der Waals surface area contributed by atoms with Gasteiger partial charge in [-0.05, 0) is 54.9 Å². The number of carbonyl (C=O) groups is 1. The minimum Gasteiger partial charge on any atom is -0.497 e. The molecule has 2 aromatic carbocycles. The van der Waals surface area contributed by atoms with E-state index in [9.17, 15) is 4.79 Å². The highest BCUT2D eigenvalue weighted by Gasteiger charge is 2.16. The van der Waals surface area contributed by atoms with Crippen molar-refractivity contribution in [2.75, 3.05) is 34.4 Å². The summed E-state index contributed by atoms with van der Waals surface area (Å²) >= 11 is 0. The zero-order valence-electron chi connectivity index (χ0n) is 17.8. The highest BCUT2D eigenvalue weighted by molar-refractivity contribution is 5.77. The molecular formula is C23H32N2O3.